The molecule has 1 aromatic heterocycles. The minimum absolute atomic E-state index is 0.101. The minimum atomic E-state index is -2.48. The first-order valence-corrected chi connectivity index (χ1v) is 14.4. The van der Waals surface area contributed by atoms with Crippen molar-refractivity contribution in [3.8, 4) is 0 Å². The van der Waals surface area contributed by atoms with Gasteiger partial charge in [-0.15, -0.1) is 0 Å². The maximum atomic E-state index is 15.0. The predicted octanol–water partition coefficient (Wildman–Crippen LogP) is 3.53. The van der Waals surface area contributed by atoms with E-state index in [1.54, 1.807) is 18.3 Å². The molecule has 9 nitrogen and oxygen atoms in total. The Morgan fingerprint density at radius 3 is 2.38 bits per heavy atom. The number of amides is 2. The molecular formula is C33H34N4O5. The number of fused-ring (bicyclic) bond motifs is 8. The van der Waals surface area contributed by atoms with E-state index >= 15 is 0 Å². The first kappa shape index (κ1) is 25.8. The summed E-state index contributed by atoms with van der Waals surface area (Å²) in [6.07, 6.45) is 3.72. The fourth-order valence-corrected chi connectivity index (χ4v) is 8.84. The Hall–Kier alpha value is -3.92. The maximum Gasteiger partial charge on any atom is 0.287 e. The molecule has 5 aliphatic rings. The van der Waals surface area contributed by atoms with E-state index in [4.69, 9.17) is 4.74 Å². The number of piperazine rings is 1. The highest BCUT2D eigenvalue weighted by atomic mass is 16.5. The molecule has 0 radical (unpaired) electrons. The van der Waals surface area contributed by atoms with Crippen LogP contribution in [0.15, 0.2) is 66.5 Å². The lowest BCUT2D eigenvalue weighted by Crippen LogP contribution is -2.87. The quantitative estimate of drug-likeness (QED) is 0.416. The first-order chi connectivity index (χ1) is 19.8. The largest absolute Gasteiger partial charge is 0.378 e. The van der Waals surface area contributed by atoms with Crippen molar-refractivity contribution in [2.75, 3.05) is 12.0 Å². The van der Waals surface area contributed by atoms with Crippen molar-refractivity contribution < 1.29 is 24.5 Å². The number of nitrogens with one attached hydrogen (secondary N) is 1. The highest BCUT2D eigenvalue weighted by Crippen LogP contribution is 2.74. The summed E-state index contributed by atoms with van der Waals surface area (Å²) in [7, 11) is 1.37. The van der Waals surface area contributed by atoms with Gasteiger partial charge in [0.15, 0.2) is 17.4 Å². The van der Waals surface area contributed by atoms with E-state index in [1.807, 2.05) is 88.1 Å². The number of aliphatic hydroxyl groups is 2. The Labute approximate surface area is 243 Å². The van der Waals surface area contributed by atoms with Crippen LogP contribution in [0.5, 0.6) is 0 Å². The number of allylic oxidation sites excluding steroid dienone is 1. The summed E-state index contributed by atoms with van der Waals surface area (Å²) in [5.41, 5.74) is -2.89. The predicted molar refractivity (Wildman–Crippen MR) is 157 cm³/mol. The zero-order valence-electron chi connectivity index (χ0n) is 24.5. The number of nitrogens with zero attached hydrogens (tertiary/aromatic N) is 3. The normalized spacial score (nSPS) is 37.0. The Balaban J connectivity index is 1.44. The average molecular weight is 567 g/mol. The molecule has 2 aromatic carbocycles. The smallest absolute Gasteiger partial charge is 0.287 e. The van der Waals surface area contributed by atoms with Crippen LogP contribution in [0.25, 0.3) is 17.0 Å². The van der Waals surface area contributed by atoms with Gasteiger partial charge in [-0.3, -0.25) is 19.4 Å². The second-order valence-corrected chi connectivity index (χ2v) is 13.4. The van der Waals surface area contributed by atoms with Gasteiger partial charge in [0.1, 0.15) is 5.70 Å². The highest BCUT2D eigenvalue weighted by Gasteiger charge is 2.91. The topological polar surface area (TPSA) is 109 Å². The van der Waals surface area contributed by atoms with E-state index in [2.05, 4.69) is 4.98 Å². The van der Waals surface area contributed by atoms with Gasteiger partial charge in [0.25, 0.3) is 17.5 Å². The Kier molecular flexibility index (Phi) is 4.50. The number of carbonyl (C=O) groups is 2. The Bertz CT molecular complexity index is 1820. The van der Waals surface area contributed by atoms with Gasteiger partial charge in [-0.05, 0) is 32.1 Å². The summed E-state index contributed by atoms with van der Waals surface area (Å²) < 4.78 is 5.90. The van der Waals surface area contributed by atoms with Crippen LogP contribution in [-0.4, -0.2) is 67.0 Å². The van der Waals surface area contributed by atoms with E-state index in [1.165, 1.54) is 16.9 Å². The lowest BCUT2D eigenvalue weighted by molar-refractivity contribution is -0.213. The molecule has 3 aromatic rings. The maximum absolute atomic E-state index is 15.0. The molecule has 3 N–H and O–H groups in total. The SMILES string of the molecule is CO[C@@H]1[C@]2(O)C(=O)N3/C=C\C(C)(C)c4[nH]c5ccccc5c4/C=C\3C(=O)N2C23[C@H](C)C(C)(C)N2c2ccccc2[C@]13O. The van der Waals surface area contributed by atoms with Crippen molar-refractivity contribution >= 4 is 34.5 Å². The van der Waals surface area contributed by atoms with Crippen LogP contribution in [0.2, 0.25) is 0 Å². The van der Waals surface area contributed by atoms with Gasteiger partial charge >= 0.3 is 0 Å². The monoisotopic (exact) mass is 566 g/mol. The number of rotatable bonds is 1. The molecule has 1 unspecified atom stereocenters. The number of anilines is 1. The van der Waals surface area contributed by atoms with Crippen LogP contribution < -0.4 is 4.90 Å². The first-order valence-electron chi connectivity index (χ1n) is 14.4. The molecule has 6 heterocycles. The number of H-pyrrole nitrogens is 1. The molecule has 42 heavy (non-hydrogen) atoms. The van der Waals surface area contributed by atoms with Crippen LogP contribution in [0.4, 0.5) is 5.69 Å². The zero-order chi connectivity index (χ0) is 29.8. The Morgan fingerprint density at radius 2 is 1.64 bits per heavy atom. The van der Waals surface area contributed by atoms with Crippen LogP contribution in [0.3, 0.4) is 0 Å². The molecular weight excluding hydrogens is 532 g/mol. The van der Waals surface area contributed by atoms with Crippen molar-refractivity contribution in [2.45, 2.75) is 68.7 Å². The summed E-state index contributed by atoms with van der Waals surface area (Å²) in [4.78, 5) is 37.7. The molecule has 9 heteroatoms. The fourth-order valence-electron chi connectivity index (χ4n) is 8.84. The van der Waals surface area contributed by atoms with Crippen LogP contribution in [0, 0.1) is 5.92 Å². The van der Waals surface area contributed by atoms with Gasteiger partial charge in [0.05, 0.1) is 0 Å². The van der Waals surface area contributed by atoms with Gasteiger partial charge in [0.2, 0.25) is 0 Å². The third-order valence-electron chi connectivity index (χ3n) is 10.9. The van der Waals surface area contributed by atoms with E-state index in [-0.39, 0.29) is 11.6 Å². The molecule has 2 amide bonds. The van der Waals surface area contributed by atoms with Gasteiger partial charge < -0.3 is 24.8 Å². The van der Waals surface area contributed by atoms with Gasteiger partial charge in [-0.2, -0.15) is 0 Å². The third-order valence-corrected chi connectivity index (χ3v) is 10.9. The second-order valence-electron chi connectivity index (χ2n) is 13.4. The molecule has 3 saturated heterocycles. The number of ether oxygens (including phenoxy) is 1. The summed E-state index contributed by atoms with van der Waals surface area (Å²) in [6.45, 7) is 10.1. The van der Waals surface area contributed by atoms with Crippen molar-refractivity contribution in [2.24, 2.45) is 5.92 Å². The number of methoxy groups -OCH3 is 1. The molecule has 0 bridgehead atoms. The van der Waals surface area contributed by atoms with E-state index in [0.29, 0.717) is 5.56 Å². The number of aromatic amines is 1. The number of carbonyl (C=O) groups excluding carboxylic acids is 2. The molecule has 0 aliphatic carbocycles. The third kappa shape index (κ3) is 2.36. The van der Waals surface area contributed by atoms with Gasteiger partial charge in [-0.25, -0.2) is 0 Å². The van der Waals surface area contributed by atoms with Crippen molar-refractivity contribution in [1.29, 1.82) is 0 Å². The lowest BCUT2D eigenvalue weighted by Gasteiger charge is -2.70. The molecule has 5 atom stereocenters. The molecule has 0 saturated carbocycles. The van der Waals surface area contributed by atoms with Gasteiger partial charge in [-0.1, -0.05) is 63.2 Å². The van der Waals surface area contributed by atoms with Gasteiger partial charge in [0, 0.05) is 63.6 Å². The molecule has 216 valence electrons. The molecule has 1 spiro atoms. The van der Waals surface area contributed by atoms with Crippen molar-refractivity contribution in [1.82, 2.24) is 14.8 Å². The lowest BCUT2D eigenvalue weighted by atomic mass is 9.61. The Morgan fingerprint density at radius 1 is 0.952 bits per heavy atom. The van der Waals surface area contributed by atoms with Crippen molar-refractivity contribution in [3.63, 3.8) is 0 Å². The van der Waals surface area contributed by atoms with E-state index < -0.39 is 45.9 Å². The van der Waals surface area contributed by atoms with Crippen LogP contribution in [0.1, 0.15) is 51.4 Å². The number of benzene rings is 2. The highest BCUT2D eigenvalue weighted by molar-refractivity contribution is 6.12. The molecule has 5 aliphatic heterocycles. The zero-order valence-corrected chi connectivity index (χ0v) is 24.5. The number of hydrogen-bond acceptors (Lipinski definition) is 6. The summed E-state index contributed by atoms with van der Waals surface area (Å²) >= 11 is 0. The second kappa shape index (κ2) is 7.34. The number of para-hydroxylation sites is 2. The number of aromatic nitrogens is 1. The summed E-state index contributed by atoms with van der Waals surface area (Å²) in [5, 5.41) is 26.4. The van der Waals surface area contributed by atoms with Crippen LogP contribution >= 0.6 is 0 Å². The van der Waals surface area contributed by atoms with Crippen LogP contribution in [-0.2, 0) is 25.3 Å². The molecule has 8 rings (SSSR count). The summed E-state index contributed by atoms with van der Waals surface area (Å²) in [5.74, 6) is -1.66. The number of hydrogen-bond donors (Lipinski definition) is 3. The van der Waals surface area contributed by atoms with E-state index in [0.717, 1.165) is 27.8 Å². The fraction of sp³-hybridized carbons (Fsp3) is 0.394. The molecule has 3 fully saturated rings. The van der Waals surface area contributed by atoms with Crippen molar-refractivity contribution in [3.05, 3.63) is 83.3 Å². The average Bonchev–Trinajstić information content (AvgIpc) is 3.49. The summed E-state index contributed by atoms with van der Waals surface area (Å²) in [6, 6.07) is 15.3. The standard InChI is InChI=1S/C33H34N4O5/c1-18-30(4,5)36-23-14-10-8-12-21(23)31(40)27(42-6)32(41)28(39)35-16-15-29(2,3)25-20(19-11-7-9-13-22(19)34-25)17-24(35)26(38)37(32)33(18,31)36/h7-18,27,34,40-41H,1-6H3/b16-15-,24-17-/t18-,27+,31+,32+,33?/m1/s1. The van der Waals surface area contributed by atoms with E-state index in [9.17, 15) is 19.8 Å². The minimum Gasteiger partial charge on any atom is -0.378 e.